The van der Waals surface area contributed by atoms with Gasteiger partial charge in [0.1, 0.15) is 6.04 Å². The number of ether oxygens (including phenoxy) is 1. The largest absolute Gasteiger partial charge is 0.416 e. The maximum absolute atomic E-state index is 13.8. The fraction of sp³-hybridized carbons (Fsp3) is 0.350. The first-order valence-corrected chi connectivity index (χ1v) is 9.32. The fourth-order valence-electron chi connectivity index (χ4n) is 3.07. The highest BCUT2D eigenvalue weighted by atomic mass is 19.4. The van der Waals surface area contributed by atoms with Crippen LogP contribution in [-0.4, -0.2) is 38.3 Å². The van der Waals surface area contributed by atoms with Crippen LogP contribution in [0.4, 0.5) is 43.4 Å². The molecule has 1 unspecified atom stereocenters. The Kier molecular flexibility index (Phi) is 6.63. The van der Waals surface area contributed by atoms with E-state index in [1.807, 2.05) is 4.90 Å². The van der Waals surface area contributed by atoms with E-state index in [4.69, 9.17) is 4.74 Å². The quantitative estimate of drug-likeness (QED) is 0.527. The van der Waals surface area contributed by atoms with Gasteiger partial charge < -0.3 is 20.3 Å². The lowest BCUT2D eigenvalue weighted by atomic mass is 10.1. The van der Waals surface area contributed by atoms with E-state index in [2.05, 4.69) is 10.6 Å². The first kappa shape index (κ1) is 22.7. The Morgan fingerprint density at radius 1 is 1.03 bits per heavy atom. The Morgan fingerprint density at radius 2 is 1.71 bits per heavy atom. The Morgan fingerprint density at radius 3 is 2.35 bits per heavy atom. The molecule has 1 atom stereocenters. The number of nitrogens with one attached hydrogen (secondary N) is 2. The van der Waals surface area contributed by atoms with Crippen LogP contribution >= 0.6 is 0 Å². The number of carbonyl (C=O) groups excluding carboxylic acids is 1. The van der Waals surface area contributed by atoms with Gasteiger partial charge in [0, 0.05) is 13.1 Å². The minimum atomic E-state index is -4.60. The van der Waals surface area contributed by atoms with E-state index in [9.17, 15) is 31.1 Å². The van der Waals surface area contributed by atoms with Crippen molar-refractivity contribution in [1.82, 2.24) is 0 Å². The molecule has 0 bridgehead atoms. The maximum atomic E-state index is 13.8. The van der Waals surface area contributed by atoms with Gasteiger partial charge in [0.15, 0.2) is 17.5 Å². The van der Waals surface area contributed by atoms with Gasteiger partial charge in [-0.25, -0.2) is 13.2 Å². The molecule has 31 heavy (non-hydrogen) atoms. The molecule has 1 amide bonds. The molecule has 168 valence electrons. The van der Waals surface area contributed by atoms with E-state index in [-0.39, 0.29) is 5.69 Å². The second kappa shape index (κ2) is 9.04. The molecular weight excluding hydrogens is 428 g/mol. The summed E-state index contributed by atoms with van der Waals surface area (Å²) < 4.78 is 85.1. The van der Waals surface area contributed by atoms with Crippen molar-refractivity contribution in [3.8, 4) is 0 Å². The number of anilines is 3. The zero-order valence-corrected chi connectivity index (χ0v) is 16.3. The van der Waals surface area contributed by atoms with Gasteiger partial charge in [0.2, 0.25) is 5.91 Å². The SMILES string of the molecule is CC(Nc1cc(C(F)(F)F)ccc1N1CCOCC1)C(=O)Nc1ccc(F)c(F)c1F. The third-order valence-electron chi connectivity index (χ3n) is 4.73. The van der Waals surface area contributed by atoms with Crippen molar-refractivity contribution < 1.29 is 35.9 Å². The molecule has 1 fully saturated rings. The molecule has 5 nitrogen and oxygen atoms in total. The first-order chi connectivity index (χ1) is 14.6. The zero-order valence-electron chi connectivity index (χ0n) is 16.3. The second-order valence-electron chi connectivity index (χ2n) is 6.91. The number of nitrogens with zero attached hydrogens (tertiary/aromatic N) is 1. The Bertz CT molecular complexity index is 961. The molecule has 2 aromatic carbocycles. The van der Waals surface area contributed by atoms with E-state index in [1.54, 1.807) is 0 Å². The molecule has 3 rings (SSSR count). The summed E-state index contributed by atoms with van der Waals surface area (Å²) in [5, 5.41) is 4.80. The monoisotopic (exact) mass is 447 g/mol. The summed E-state index contributed by atoms with van der Waals surface area (Å²) in [6.45, 7) is 3.02. The van der Waals surface area contributed by atoms with E-state index in [1.165, 1.54) is 13.0 Å². The number of carbonyl (C=O) groups is 1. The molecule has 1 heterocycles. The van der Waals surface area contributed by atoms with Gasteiger partial charge in [0.05, 0.1) is 35.8 Å². The molecule has 2 aromatic rings. The molecule has 0 aromatic heterocycles. The number of halogens is 6. The van der Waals surface area contributed by atoms with Gasteiger partial charge in [-0.3, -0.25) is 4.79 Å². The Hall–Kier alpha value is -2.95. The number of hydrogen-bond donors (Lipinski definition) is 2. The van der Waals surface area contributed by atoms with E-state index in [0.717, 1.165) is 18.2 Å². The molecule has 0 radical (unpaired) electrons. The lowest BCUT2D eigenvalue weighted by Crippen LogP contribution is -2.38. The van der Waals surface area contributed by atoms with Gasteiger partial charge in [-0.15, -0.1) is 0 Å². The number of hydrogen-bond acceptors (Lipinski definition) is 4. The molecule has 1 saturated heterocycles. The molecule has 2 N–H and O–H groups in total. The van der Waals surface area contributed by atoms with Crippen molar-refractivity contribution in [3.05, 3.63) is 53.3 Å². The van der Waals surface area contributed by atoms with Crippen molar-refractivity contribution in [2.45, 2.75) is 19.1 Å². The minimum Gasteiger partial charge on any atom is -0.378 e. The molecular formula is C20H19F6N3O2. The minimum absolute atomic E-state index is 0.0464. The lowest BCUT2D eigenvalue weighted by Gasteiger charge is -2.31. The maximum Gasteiger partial charge on any atom is 0.416 e. The summed E-state index contributed by atoms with van der Waals surface area (Å²) in [5.74, 6) is -5.59. The predicted molar refractivity (Wildman–Crippen MR) is 103 cm³/mol. The van der Waals surface area contributed by atoms with E-state index in [0.29, 0.717) is 38.1 Å². The van der Waals surface area contributed by atoms with Crippen molar-refractivity contribution in [2.24, 2.45) is 0 Å². The summed E-state index contributed by atoms with van der Waals surface area (Å²) in [6.07, 6.45) is -4.60. The smallest absolute Gasteiger partial charge is 0.378 e. The zero-order chi connectivity index (χ0) is 22.8. The molecule has 1 aliphatic rings. The predicted octanol–water partition coefficient (Wildman–Crippen LogP) is 4.40. The number of alkyl halides is 3. The van der Waals surface area contributed by atoms with E-state index < -0.39 is 46.8 Å². The highest BCUT2D eigenvalue weighted by Gasteiger charge is 2.32. The molecule has 1 aliphatic heterocycles. The lowest BCUT2D eigenvalue weighted by molar-refractivity contribution is -0.137. The van der Waals surface area contributed by atoms with Crippen LogP contribution in [-0.2, 0) is 15.7 Å². The summed E-state index contributed by atoms with van der Waals surface area (Å²) in [6, 6.07) is 3.49. The standard InChI is InChI=1S/C20H19F6N3O2/c1-11(19(30)28-14-4-3-13(21)17(22)18(14)23)27-15-10-12(20(24,25)26)2-5-16(15)29-6-8-31-9-7-29/h2-5,10-11,27H,6-9H2,1H3,(H,28,30). The summed E-state index contributed by atoms with van der Waals surface area (Å²) >= 11 is 0. The highest BCUT2D eigenvalue weighted by Crippen LogP contribution is 2.36. The Balaban J connectivity index is 1.83. The van der Waals surface area contributed by atoms with Crippen molar-refractivity contribution >= 4 is 23.0 Å². The Labute approximate surface area is 174 Å². The highest BCUT2D eigenvalue weighted by molar-refractivity contribution is 5.97. The van der Waals surface area contributed by atoms with Crippen LogP contribution in [0, 0.1) is 17.5 Å². The third kappa shape index (κ3) is 5.22. The van der Waals surface area contributed by atoms with Crippen LogP contribution in [0.5, 0.6) is 0 Å². The van der Waals surface area contributed by atoms with Crippen molar-refractivity contribution in [2.75, 3.05) is 41.8 Å². The van der Waals surface area contributed by atoms with Crippen LogP contribution < -0.4 is 15.5 Å². The van der Waals surface area contributed by atoms with Crippen LogP contribution in [0.15, 0.2) is 30.3 Å². The van der Waals surface area contributed by atoms with Gasteiger partial charge in [-0.05, 0) is 37.3 Å². The summed E-state index contributed by atoms with van der Waals surface area (Å²) in [4.78, 5) is 14.2. The number of rotatable bonds is 5. The number of morpholine rings is 1. The van der Waals surface area contributed by atoms with E-state index >= 15 is 0 Å². The van der Waals surface area contributed by atoms with Crippen molar-refractivity contribution in [3.63, 3.8) is 0 Å². The van der Waals surface area contributed by atoms with Gasteiger partial charge >= 0.3 is 6.18 Å². The fourth-order valence-corrected chi connectivity index (χ4v) is 3.07. The van der Waals surface area contributed by atoms with Gasteiger partial charge in [-0.1, -0.05) is 0 Å². The number of benzene rings is 2. The number of amides is 1. The normalized spacial score (nSPS) is 15.5. The third-order valence-corrected chi connectivity index (χ3v) is 4.73. The average molecular weight is 447 g/mol. The first-order valence-electron chi connectivity index (χ1n) is 9.32. The molecule has 0 spiro atoms. The van der Waals surface area contributed by atoms with Crippen molar-refractivity contribution in [1.29, 1.82) is 0 Å². The van der Waals surface area contributed by atoms with Crippen LogP contribution in [0.25, 0.3) is 0 Å². The topological polar surface area (TPSA) is 53.6 Å². The summed E-state index contributed by atoms with van der Waals surface area (Å²) in [5.41, 5.74) is -1.01. The second-order valence-corrected chi connectivity index (χ2v) is 6.91. The van der Waals surface area contributed by atoms with Crippen LogP contribution in [0.3, 0.4) is 0 Å². The van der Waals surface area contributed by atoms with Gasteiger partial charge in [-0.2, -0.15) is 13.2 Å². The van der Waals surface area contributed by atoms with Gasteiger partial charge in [0.25, 0.3) is 0 Å². The van der Waals surface area contributed by atoms with Crippen LogP contribution in [0.2, 0.25) is 0 Å². The summed E-state index contributed by atoms with van der Waals surface area (Å²) in [7, 11) is 0. The molecule has 0 saturated carbocycles. The van der Waals surface area contributed by atoms with Crippen LogP contribution in [0.1, 0.15) is 12.5 Å². The molecule has 0 aliphatic carbocycles. The molecule has 11 heteroatoms. The average Bonchev–Trinajstić information content (AvgIpc) is 2.74.